The van der Waals surface area contributed by atoms with E-state index in [0.717, 1.165) is 10.4 Å². The average Bonchev–Trinajstić information content (AvgIpc) is 2.16. The van der Waals surface area contributed by atoms with Gasteiger partial charge in [-0.2, -0.15) is 0 Å². The Kier molecular flexibility index (Phi) is 1.92. The van der Waals surface area contributed by atoms with E-state index in [-0.39, 0.29) is 0 Å². The fourth-order valence-corrected chi connectivity index (χ4v) is 2.01. The number of fused-ring (bicyclic) bond motifs is 1. The number of hydrogen-bond acceptors (Lipinski definition) is 0. The Balaban J connectivity index is 3.22. The largest absolute Gasteiger partial charge is 0.0911 e. The van der Waals surface area contributed by atoms with Crippen molar-refractivity contribution in [2.75, 3.05) is 0 Å². The van der Waals surface area contributed by atoms with Crippen molar-refractivity contribution < 1.29 is 0 Å². The molecule has 0 spiro atoms. The molecule has 2 aromatic carbocycles. The van der Waals surface area contributed by atoms with Crippen molar-refractivity contribution in [2.24, 2.45) is 0 Å². The van der Waals surface area contributed by atoms with Crippen LogP contribution in [0.2, 0.25) is 0 Å². The zero-order chi connectivity index (χ0) is 10.3. The van der Waals surface area contributed by atoms with Crippen molar-refractivity contribution in [3.8, 4) is 0 Å². The first kappa shape index (κ1) is 9.01. The third-order valence-electron chi connectivity index (χ3n) is 2.75. The van der Waals surface area contributed by atoms with Gasteiger partial charge in [-0.1, -0.05) is 37.4 Å². The summed E-state index contributed by atoms with van der Waals surface area (Å²) in [4.78, 5) is 0. The molecule has 0 saturated carbocycles. The lowest BCUT2D eigenvalue weighted by Crippen LogP contribution is -2.10. The lowest BCUT2D eigenvalue weighted by molar-refractivity contribution is 1.44. The average molecular weight is 182 g/mol. The Labute approximate surface area is 84.2 Å². The number of rotatable bonds is 0. The monoisotopic (exact) mass is 182 g/mol. The van der Waals surface area contributed by atoms with Crippen molar-refractivity contribution >= 4 is 23.9 Å². The molecule has 0 aliphatic carbocycles. The molecule has 0 N–H and O–H groups in total. The molecule has 0 aliphatic rings. The van der Waals surface area contributed by atoms with Crippen LogP contribution in [-0.2, 0) is 0 Å². The first-order valence-corrected chi connectivity index (χ1v) is 4.78. The highest BCUT2D eigenvalue weighted by molar-refractivity contribution is 5.89. The van der Waals surface area contributed by atoms with Crippen LogP contribution in [0.1, 0.15) is 11.1 Å². The SMILES string of the molecule is C=c1ccc(=C)c2c(C)ccc(C)c12. The molecule has 0 nitrogen and oxygen atoms in total. The van der Waals surface area contributed by atoms with Crippen LogP contribution in [0.15, 0.2) is 24.3 Å². The topological polar surface area (TPSA) is 0 Å². The van der Waals surface area contributed by atoms with Crippen molar-refractivity contribution in [1.82, 2.24) is 0 Å². The van der Waals surface area contributed by atoms with E-state index in [4.69, 9.17) is 0 Å². The maximum Gasteiger partial charge on any atom is -0.00796 e. The number of hydrogen-bond donors (Lipinski definition) is 0. The van der Waals surface area contributed by atoms with E-state index in [1.165, 1.54) is 21.9 Å². The Morgan fingerprint density at radius 3 is 1.43 bits per heavy atom. The maximum atomic E-state index is 4.06. The molecule has 0 aromatic heterocycles. The second-order valence-electron chi connectivity index (χ2n) is 3.83. The molecule has 0 heteroatoms. The van der Waals surface area contributed by atoms with Gasteiger partial charge >= 0.3 is 0 Å². The van der Waals surface area contributed by atoms with Crippen LogP contribution < -0.4 is 10.4 Å². The van der Waals surface area contributed by atoms with Crippen LogP contribution in [-0.4, -0.2) is 0 Å². The standard InChI is InChI=1S/C14H14/c1-9-5-6-11(3)14-12(4)8-7-10(2)13(9)14/h5-8H,1,3H2,2,4H3. The zero-order valence-electron chi connectivity index (χ0n) is 8.72. The lowest BCUT2D eigenvalue weighted by atomic mass is 9.98. The molecule has 2 aromatic rings. The molecule has 70 valence electrons. The summed E-state index contributed by atoms with van der Waals surface area (Å²) in [5, 5.41) is 4.71. The summed E-state index contributed by atoms with van der Waals surface area (Å²) in [6.07, 6.45) is 0. The van der Waals surface area contributed by atoms with E-state index in [9.17, 15) is 0 Å². The predicted octanol–water partition coefficient (Wildman–Crippen LogP) is 2.28. The van der Waals surface area contributed by atoms with Crippen molar-refractivity contribution in [3.63, 3.8) is 0 Å². The highest BCUT2D eigenvalue weighted by atomic mass is 14.1. The zero-order valence-corrected chi connectivity index (χ0v) is 8.72. The van der Waals surface area contributed by atoms with Gasteiger partial charge in [-0.25, -0.2) is 0 Å². The highest BCUT2D eigenvalue weighted by Gasteiger charge is 2.01. The molecule has 0 heterocycles. The van der Waals surface area contributed by atoms with Crippen molar-refractivity contribution in [1.29, 1.82) is 0 Å². The summed E-state index contributed by atoms with van der Waals surface area (Å²) in [6.45, 7) is 12.4. The summed E-state index contributed by atoms with van der Waals surface area (Å²) in [7, 11) is 0. The maximum absolute atomic E-state index is 4.06. The molecule has 0 radical (unpaired) electrons. The van der Waals surface area contributed by atoms with Gasteiger partial charge in [-0.05, 0) is 46.2 Å². The second kappa shape index (κ2) is 2.98. The van der Waals surface area contributed by atoms with Gasteiger partial charge in [0.1, 0.15) is 0 Å². The van der Waals surface area contributed by atoms with E-state index in [0.29, 0.717) is 0 Å². The molecule has 0 unspecified atom stereocenters. The Hall–Kier alpha value is -1.56. The van der Waals surface area contributed by atoms with Crippen LogP contribution in [0, 0.1) is 13.8 Å². The van der Waals surface area contributed by atoms with Gasteiger partial charge in [0.05, 0.1) is 0 Å². The fraction of sp³-hybridized carbons (Fsp3) is 0.143. The Bertz CT molecular complexity index is 537. The van der Waals surface area contributed by atoms with Crippen molar-refractivity contribution in [3.05, 3.63) is 45.8 Å². The quantitative estimate of drug-likeness (QED) is 0.586. The Morgan fingerprint density at radius 1 is 0.714 bits per heavy atom. The molecule has 14 heavy (non-hydrogen) atoms. The second-order valence-corrected chi connectivity index (χ2v) is 3.83. The van der Waals surface area contributed by atoms with Gasteiger partial charge in [-0.15, -0.1) is 0 Å². The third kappa shape index (κ3) is 1.15. The molecule has 0 saturated heterocycles. The first-order chi connectivity index (χ1) is 6.61. The smallest absolute Gasteiger partial charge is 0.00796 e. The van der Waals surface area contributed by atoms with Gasteiger partial charge in [0.15, 0.2) is 0 Å². The van der Waals surface area contributed by atoms with Gasteiger partial charge < -0.3 is 0 Å². The van der Waals surface area contributed by atoms with Crippen LogP contribution >= 0.6 is 0 Å². The number of aryl methyl sites for hydroxylation is 2. The molecule has 0 amide bonds. The minimum Gasteiger partial charge on any atom is -0.0911 e. The van der Waals surface area contributed by atoms with Crippen LogP contribution in [0.25, 0.3) is 23.9 Å². The molecule has 0 bridgehead atoms. The van der Waals surface area contributed by atoms with Gasteiger partial charge in [0.25, 0.3) is 0 Å². The molecule has 0 atom stereocenters. The minimum absolute atomic E-state index is 1.09. The molecule has 2 rings (SSSR count). The Morgan fingerprint density at radius 2 is 1.07 bits per heavy atom. The van der Waals surface area contributed by atoms with Crippen LogP contribution in [0.3, 0.4) is 0 Å². The summed E-state index contributed by atoms with van der Waals surface area (Å²) < 4.78 is 0. The predicted molar refractivity (Wildman–Crippen MR) is 63.7 cm³/mol. The first-order valence-electron chi connectivity index (χ1n) is 4.78. The van der Waals surface area contributed by atoms with Crippen LogP contribution in [0.4, 0.5) is 0 Å². The van der Waals surface area contributed by atoms with E-state index < -0.39 is 0 Å². The van der Waals surface area contributed by atoms with E-state index in [2.05, 4.69) is 39.1 Å². The van der Waals surface area contributed by atoms with Gasteiger partial charge in [0, 0.05) is 0 Å². The summed E-state index contributed by atoms with van der Waals surface area (Å²) in [6, 6.07) is 8.37. The molecular weight excluding hydrogens is 168 g/mol. The third-order valence-corrected chi connectivity index (χ3v) is 2.75. The lowest BCUT2D eigenvalue weighted by Gasteiger charge is -2.06. The molecule has 0 fully saturated rings. The summed E-state index contributed by atoms with van der Waals surface area (Å²) >= 11 is 0. The summed E-state index contributed by atoms with van der Waals surface area (Å²) in [5.74, 6) is 0. The van der Waals surface area contributed by atoms with E-state index in [1.54, 1.807) is 0 Å². The van der Waals surface area contributed by atoms with Crippen LogP contribution in [0.5, 0.6) is 0 Å². The van der Waals surface area contributed by atoms with Gasteiger partial charge in [-0.3, -0.25) is 0 Å². The van der Waals surface area contributed by atoms with E-state index >= 15 is 0 Å². The number of benzene rings is 2. The molecular formula is C14H14. The fourth-order valence-electron chi connectivity index (χ4n) is 2.01. The summed E-state index contributed by atoms with van der Waals surface area (Å²) in [5.41, 5.74) is 2.56. The molecule has 0 aliphatic heterocycles. The van der Waals surface area contributed by atoms with E-state index in [1.807, 2.05) is 12.1 Å². The van der Waals surface area contributed by atoms with Crippen molar-refractivity contribution in [2.45, 2.75) is 13.8 Å². The highest BCUT2D eigenvalue weighted by Crippen LogP contribution is 2.14. The minimum atomic E-state index is 1.09. The van der Waals surface area contributed by atoms with Gasteiger partial charge in [0.2, 0.25) is 0 Å². The normalized spacial score (nSPS) is 10.7.